The van der Waals surface area contributed by atoms with Gasteiger partial charge < -0.3 is 20.9 Å². The van der Waals surface area contributed by atoms with Gasteiger partial charge in [-0.25, -0.2) is 4.99 Å². The lowest BCUT2D eigenvalue weighted by Crippen LogP contribution is -2.59. The monoisotopic (exact) mass is 482 g/mol. The molecule has 0 amide bonds. The third-order valence-corrected chi connectivity index (χ3v) is 8.00. The molecule has 0 aliphatic carbocycles. The van der Waals surface area contributed by atoms with Gasteiger partial charge in [0.25, 0.3) is 0 Å². The van der Waals surface area contributed by atoms with Crippen LogP contribution in [0.3, 0.4) is 0 Å². The topological polar surface area (TPSA) is 100 Å². The number of fused-ring (bicyclic) bond motifs is 2. The molecule has 7 nitrogen and oxygen atoms in total. The van der Waals surface area contributed by atoms with Crippen LogP contribution in [0.25, 0.3) is 0 Å². The molecule has 2 aliphatic heterocycles. The molecule has 0 saturated carbocycles. The van der Waals surface area contributed by atoms with E-state index in [0.29, 0.717) is 0 Å². The second kappa shape index (κ2) is 10.6. The van der Waals surface area contributed by atoms with E-state index in [1.807, 2.05) is 32.9 Å². The van der Waals surface area contributed by atoms with Gasteiger partial charge in [-0.15, -0.1) is 0 Å². The number of benzene rings is 2. The third-order valence-electron chi connectivity index (χ3n) is 6.86. The van der Waals surface area contributed by atoms with Gasteiger partial charge in [-0.3, -0.25) is 9.69 Å². The first-order chi connectivity index (χ1) is 16.3. The van der Waals surface area contributed by atoms with Gasteiger partial charge in [0.2, 0.25) is 0 Å². The van der Waals surface area contributed by atoms with E-state index in [2.05, 4.69) is 46.6 Å². The SMILES string of the molecule is CC(OCC[C@@](N)(C(=O)O)C(C)C)N1CCNCC1C1=Nc2ccccc2Sc2ccccc21. The Morgan fingerprint density at radius 3 is 2.68 bits per heavy atom. The van der Waals surface area contributed by atoms with Crippen molar-refractivity contribution in [2.75, 3.05) is 26.2 Å². The number of hydrogen-bond donors (Lipinski definition) is 3. The van der Waals surface area contributed by atoms with E-state index < -0.39 is 11.5 Å². The number of piperazine rings is 1. The summed E-state index contributed by atoms with van der Waals surface area (Å²) in [5.41, 5.74) is 8.03. The smallest absolute Gasteiger partial charge is 0.324 e. The number of carboxylic acids is 1. The fourth-order valence-electron chi connectivity index (χ4n) is 4.51. The van der Waals surface area contributed by atoms with Crippen LogP contribution in [0.5, 0.6) is 0 Å². The summed E-state index contributed by atoms with van der Waals surface area (Å²) in [5.74, 6) is -1.18. The highest BCUT2D eigenvalue weighted by molar-refractivity contribution is 7.99. The molecule has 1 saturated heterocycles. The Hall–Kier alpha value is -2.23. The number of nitrogens with two attached hydrogens (primary N) is 1. The van der Waals surface area contributed by atoms with E-state index in [4.69, 9.17) is 15.5 Å². The first-order valence-electron chi connectivity index (χ1n) is 11.9. The number of nitrogens with one attached hydrogen (secondary N) is 1. The lowest BCUT2D eigenvalue weighted by Gasteiger charge is -2.41. The second-order valence-corrected chi connectivity index (χ2v) is 10.3. The van der Waals surface area contributed by atoms with Crippen LogP contribution in [0.1, 0.15) is 32.8 Å². The fraction of sp³-hybridized carbons (Fsp3) is 0.462. The summed E-state index contributed by atoms with van der Waals surface area (Å²) < 4.78 is 6.18. The molecular formula is C26H34N4O3S. The van der Waals surface area contributed by atoms with Gasteiger partial charge in [0.05, 0.1) is 24.0 Å². The van der Waals surface area contributed by atoms with Crippen LogP contribution in [0, 0.1) is 5.92 Å². The second-order valence-electron chi connectivity index (χ2n) is 9.24. The Kier molecular flexibility index (Phi) is 7.74. The minimum absolute atomic E-state index is 0.0175. The Bertz CT molecular complexity index is 1060. The fourth-order valence-corrected chi connectivity index (χ4v) is 5.54. The highest BCUT2D eigenvalue weighted by Crippen LogP contribution is 2.41. The van der Waals surface area contributed by atoms with Crippen molar-refractivity contribution >= 4 is 29.1 Å². The predicted molar refractivity (Wildman–Crippen MR) is 136 cm³/mol. The lowest BCUT2D eigenvalue weighted by molar-refractivity contribution is -0.147. The van der Waals surface area contributed by atoms with Crippen molar-refractivity contribution in [1.29, 1.82) is 0 Å². The van der Waals surface area contributed by atoms with Crippen LogP contribution < -0.4 is 11.1 Å². The number of nitrogens with zero attached hydrogens (tertiary/aromatic N) is 2. The Morgan fingerprint density at radius 1 is 1.24 bits per heavy atom. The van der Waals surface area contributed by atoms with E-state index in [9.17, 15) is 9.90 Å². The molecule has 2 aromatic rings. The maximum absolute atomic E-state index is 11.7. The zero-order valence-corrected chi connectivity index (χ0v) is 20.8. The van der Waals surface area contributed by atoms with Crippen LogP contribution in [-0.4, -0.2) is 65.7 Å². The number of carbonyl (C=O) groups is 1. The van der Waals surface area contributed by atoms with Crippen molar-refractivity contribution < 1.29 is 14.6 Å². The molecule has 2 aliphatic rings. The molecular weight excluding hydrogens is 448 g/mol. The molecule has 4 rings (SSSR count). The van der Waals surface area contributed by atoms with Crippen LogP contribution in [-0.2, 0) is 9.53 Å². The van der Waals surface area contributed by atoms with Gasteiger partial charge in [-0.1, -0.05) is 55.9 Å². The number of hydrogen-bond acceptors (Lipinski definition) is 7. The molecule has 2 aromatic carbocycles. The van der Waals surface area contributed by atoms with Gasteiger partial charge >= 0.3 is 5.97 Å². The molecule has 0 radical (unpaired) electrons. The highest BCUT2D eigenvalue weighted by Gasteiger charge is 2.38. The molecule has 0 spiro atoms. The summed E-state index contributed by atoms with van der Waals surface area (Å²) in [7, 11) is 0. The Morgan fingerprint density at radius 2 is 1.94 bits per heavy atom. The lowest BCUT2D eigenvalue weighted by atomic mass is 9.85. The van der Waals surface area contributed by atoms with Crippen molar-refractivity contribution in [2.24, 2.45) is 16.6 Å². The molecule has 3 atom stereocenters. The van der Waals surface area contributed by atoms with E-state index in [1.165, 1.54) is 4.90 Å². The van der Waals surface area contributed by atoms with Gasteiger partial charge in [0.15, 0.2) is 0 Å². The summed E-state index contributed by atoms with van der Waals surface area (Å²) in [6.45, 7) is 8.39. The minimum atomic E-state index is -1.30. The van der Waals surface area contributed by atoms with Crippen LogP contribution in [0.4, 0.5) is 5.69 Å². The van der Waals surface area contributed by atoms with Crippen molar-refractivity contribution in [3.05, 3.63) is 54.1 Å². The molecule has 1 fully saturated rings. The zero-order chi connectivity index (χ0) is 24.3. The predicted octanol–water partition coefficient (Wildman–Crippen LogP) is 3.74. The van der Waals surface area contributed by atoms with Gasteiger partial charge in [-0.05, 0) is 37.5 Å². The largest absolute Gasteiger partial charge is 0.480 e. The van der Waals surface area contributed by atoms with E-state index in [1.54, 1.807) is 11.8 Å². The number of carboxylic acid groups (broad SMARTS) is 1. The normalized spacial score (nSPS) is 21.1. The maximum atomic E-state index is 11.7. The summed E-state index contributed by atoms with van der Waals surface area (Å²) in [6.07, 6.45) is 0.0489. The van der Waals surface area contributed by atoms with Crippen molar-refractivity contribution in [2.45, 2.75) is 54.8 Å². The van der Waals surface area contributed by atoms with Crippen LogP contribution in [0.2, 0.25) is 0 Å². The number of ether oxygens (including phenoxy) is 1. The molecule has 34 heavy (non-hydrogen) atoms. The van der Waals surface area contributed by atoms with Gasteiger partial charge in [0, 0.05) is 35.0 Å². The summed E-state index contributed by atoms with van der Waals surface area (Å²) >= 11 is 1.75. The van der Waals surface area contributed by atoms with Gasteiger partial charge in [0.1, 0.15) is 11.8 Å². The average molecular weight is 483 g/mol. The van der Waals surface area contributed by atoms with Crippen LogP contribution >= 0.6 is 11.8 Å². The third kappa shape index (κ3) is 5.06. The first-order valence-corrected chi connectivity index (χ1v) is 12.7. The van der Waals surface area contributed by atoms with Gasteiger partial charge in [-0.2, -0.15) is 0 Å². The molecule has 4 N–H and O–H groups in total. The van der Waals surface area contributed by atoms with E-state index in [-0.39, 0.29) is 31.2 Å². The van der Waals surface area contributed by atoms with E-state index in [0.717, 1.165) is 41.5 Å². The summed E-state index contributed by atoms with van der Waals surface area (Å²) in [6, 6.07) is 16.7. The molecule has 8 heteroatoms. The zero-order valence-electron chi connectivity index (χ0n) is 20.0. The Balaban J connectivity index is 1.58. The standard InChI is InChI=1S/C26H34N4O3S/c1-17(2)26(27,25(31)32)12-15-33-18(3)30-14-13-28-16-21(30)24-19-8-4-6-10-22(19)34-23-11-7-5-9-20(23)29-24/h4-11,17-18,21,28H,12-16,27H2,1-3H3,(H,31,32)/t18?,21?,26-/m0/s1. The minimum Gasteiger partial charge on any atom is -0.480 e. The molecule has 2 heterocycles. The molecule has 0 bridgehead atoms. The van der Waals surface area contributed by atoms with Crippen LogP contribution in [0.15, 0.2) is 63.3 Å². The number of aliphatic imine (C=N–C) groups is 1. The summed E-state index contributed by atoms with van der Waals surface area (Å²) in [5, 5.41) is 13.1. The number of aliphatic carboxylic acids is 1. The molecule has 0 aromatic heterocycles. The first kappa shape index (κ1) is 24.9. The Labute approximate surface area is 205 Å². The molecule has 182 valence electrons. The molecule has 2 unspecified atom stereocenters. The summed E-state index contributed by atoms with van der Waals surface area (Å²) in [4.78, 5) is 21.5. The highest BCUT2D eigenvalue weighted by atomic mass is 32.2. The number of para-hydroxylation sites is 1. The quantitative estimate of drug-likeness (QED) is 0.527. The average Bonchev–Trinajstić information content (AvgIpc) is 3.00. The number of rotatable bonds is 8. The van der Waals surface area contributed by atoms with Crippen molar-refractivity contribution in [1.82, 2.24) is 10.2 Å². The van der Waals surface area contributed by atoms with Crippen molar-refractivity contribution in [3.63, 3.8) is 0 Å². The maximum Gasteiger partial charge on any atom is 0.324 e. The van der Waals surface area contributed by atoms with Crippen molar-refractivity contribution in [3.8, 4) is 0 Å². The van der Waals surface area contributed by atoms with E-state index >= 15 is 0 Å².